The van der Waals surface area contributed by atoms with Gasteiger partial charge in [0.1, 0.15) is 18.1 Å². The van der Waals surface area contributed by atoms with Crippen molar-refractivity contribution in [3.05, 3.63) is 16.3 Å². The van der Waals surface area contributed by atoms with Crippen molar-refractivity contribution in [2.45, 2.75) is 39.3 Å². The maximum absolute atomic E-state index is 6.02. The first-order valence-electron chi connectivity index (χ1n) is 6.41. The highest BCUT2D eigenvalue weighted by molar-refractivity contribution is 6.76. The fraction of sp³-hybridized carbons (Fsp3) is 0.583. The summed E-state index contributed by atoms with van der Waals surface area (Å²) < 4.78 is 7.59. The van der Waals surface area contributed by atoms with E-state index in [1.54, 1.807) is 0 Å². The van der Waals surface area contributed by atoms with Crippen LogP contribution in [-0.4, -0.2) is 34.2 Å². The van der Waals surface area contributed by atoms with Gasteiger partial charge in [-0.05, 0) is 24.6 Å². The van der Waals surface area contributed by atoms with Gasteiger partial charge in [-0.3, -0.25) is 4.57 Å². The molecule has 0 aromatic carbocycles. The Labute approximate surface area is 129 Å². The summed E-state index contributed by atoms with van der Waals surface area (Å²) in [7, 11) is -1.08. The molecule has 0 fully saturated rings. The molecule has 0 aliphatic heterocycles. The van der Waals surface area contributed by atoms with Gasteiger partial charge in [-0.15, -0.1) is 0 Å². The molecule has 2 rings (SSSR count). The third kappa shape index (κ3) is 3.69. The average Bonchev–Trinajstić information content (AvgIpc) is 2.61. The second-order valence-corrected chi connectivity index (χ2v) is 12.2. The quantitative estimate of drug-likeness (QED) is 0.362. The highest BCUT2D eigenvalue weighted by Gasteiger charge is 2.15. The first-order chi connectivity index (χ1) is 9.28. The molecule has 20 heavy (non-hydrogen) atoms. The van der Waals surface area contributed by atoms with E-state index in [0.29, 0.717) is 17.9 Å². The topological polar surface area (TPSA) is 52.8 Å². The smallest absolute Gasteiger partial charge is 0.225 e. The number of aromatic nitrogens is 4. The summed E-state index contributed by atoms with van der Waals surface area (Å²) in [4.78, 5) is 12.4. The van der Waals surface area contributed by atoms with Gasteiger partial charge in [0, 0.05) is 14.7 Å². The number of hydrogen-bond acceptors (Lipinski definition) is 4. The summed E-state index contributed by atoms with van der Waals surface area (Å²) in [6.07, 6.45) is 0. The molecule has 2 aromatic rings. The van der Waals surface area contributed by atoms with Gasteiger partial charge in [0.15, 0.2) is 10.8 Å². The van der Waals surface area contributed by atoms with Gasteiger partial charge in [0.25, 0.3) is 0 Å². The minimum Gasteiger partial charge on any atom is -0.361 e. The molecule has 0 saturated carbocycles. The van der Waals surface area contributed by atoms with Gasteiger partial charge < -0.3 is 4.74 Å². The molecule has 0 N–H and O–H groups in total. The molecule has 0 aliphatic rings. The Hall–Kier alpha value is -0.693. The third-order valence-corrected chi connectivity index (χ3v) is 5.07. The van der Waals surface area contributed by atoms with Crippen LogP contribution in [0.2, 0.25) is 36.1 Å². The van der Waals surface area contributed by atoms with E-state index in [1.807, 2.05) is 11.5 Å². The van der Waals surface area contributed by atoms with Gasteiger partial charge in [-0.2, -0.15) is 4.98 Å². The maximum atomic E-state index is 6.02. The van der Waals surface area contributed by atoms with Gasteiger partial charge in [-0.1, -0.05) is 31.2 Å². The first-order valence-corrected chi connectivity index (χ1v) is 10.9. The Balaban J connectivity index is 2.16. The summed E-state index contributed by atoms with van der Waals surface area (Å²) in [6, 6.07) is 1.12. The molecule has 0 aliphatic carbocycles. The predicted molar refractivity (Wildman–Crippen MR) is 84.2 cm³/mol. The fourth-order valence-corrected chi connectivity index (χ4v) is 2.91. The van der Waals surface area contributed by atoms with Crippen molar-refractivity contribution >= 4 is 42.4 Å². The standard InChI is InChI=1S/C12H18Cl2N4OSi/c1-8-15-9-10(13)16-12(14)17-11(9)18(8)7-19-5-6-20(2,3)4/h5-7H2,1-4H3. The second-order valence-electron chi connectivity index (χ2n) is 5.89. The number of imidazole rings is 1. The zero-order valence-corrected chi connectivity index (χ0v) is 14.6. The maximum Gasteiger partial charge on any atom is 0.225 e. The van der Waals surface area contributed by atoms with Crippen LogP contribution < -0.4 is 0 Å². The van der Waals surface area contributed by atoms with Crippen LogP contribution in [0.4, 0.5) is 0 Å². The Morgan fingerprint density at radius 3 is 2.50 bits per heavy atom. The number of nitrogens with zero attached hydrogens (tertiary/aromatic N) is 4. The molecular weight excluding hydrogens is 315 g/mol. The number of aryl methyl sites for hydroxylation is 1. The lowest BCUT2D eigenvalue weighted by atomic mass is 10.5. The lowest BCUT2D eigenvalue weighted by Crippen LogP contribution is -2.22. The lowest BCUT2D eigenvalue weighted by Gasteiger charge is -2.15. The molecule has 110 valence electrons. The monoisotopic (exact) mass is 332 g/mol. The molecule has 5 nitrogen and oxygen atoms in total. The Morgan fingerprint density at radius 2 is 1.85 bits per heavy atom. The molecule has 8 heteroatoms. The van der Waals surface area contributed by atoms with Crippen LogP contribution in [0.5, 0.6) is 0 Å². The van der Waals surface area contributed by atoms with Crippen LogP contribution >= 0.6 is 23.2 Å². The third-order valence-electron chi connectivity index (χ3n) is 2.93. The van der Waals surface area contributed by atoms with Crippen molar-refractivity contribution < 1.29 is 4.74 Å². The Morgan fingerprint density at radius 1 is 1.15 bits per heavy atom. The molecule has 0 atom stereocenters. The molecule has 0 amide bonds. The average molecular weight is 333 g/mol. The van der Waals surface area contributed by atoms with Crippen LogP contribution in [0.1, 0.15) is 5.82 Å². The number of ether oxygens (including phenoxy) is 1. The molecule has 0 saturated heterocycles. The molecule has 2 heterocycles. The van der Waals surface area contributed by atoms with Crippen LogP contribution in [0.25, 0.3) is 11.2 Å². The van der Waals surface area contributed by atoms with E-state index in [1.165, 1.54) is 0 Å². The van der Waals surface area contributed by atoms with E-state index in [4.69, 9.17) is 27.9 Å². The van der Waals surface area contributed by atoms with E-state index in [9.17, 15) is 0 Å². The van der Waals surface area contributed by atoms with Gasteiger partial charge in [0.2, 0.25) is 5.28 Å². The van der Waals surface area contributed by atoms with Gasteiger partial charge in [0.05, 0.1) is 0 Å². The summed E-state index contributed by atoms with van der Waals surface area (Å²) >= 11 is 11.9. The van der Waals surface area contributed by atoms with Crippen molar-refractivity contribution in [3.8, 4) is 0 Å². The lowest BCUT2D eigenvalue weighted by molar-refractivity contribution is 0.0881. The summed E-state index contributed by atoms with van der Waals surface area (Å²) in [6.45, 7) is 9.98. The summed E-state index contributed by atoms with van der Waals surface area (Å²) in [5, 5.41) is 0.384. The molecular formula is C12H18Cl2N4OSi. The summed E-state index contributed by atoms with van der Waals surface area (Å²) in [5.41, 5.74) is 1.17. The number of hydrogen-bond donors (Lipinski definition) is 0. The van der Waals surface area contributed by atoms with Crippen LogP contribution in [0.15, 0.2) is 0 Å². The Kier molecular flexibility index (Phi) is 4.68. The van der Waals surface area contributed by atoms with Crippen molar-refractivity contribution in [1.29, 1.82) is 0 Å². The number of rotatable bonds is 5. The molecule has 0 radical (unpaired) electrons. The summed E-state index contributed by atoms with van der Waals surface area (Å²) in [5.74, 6) is 0.784. The van der Waals surface area contributed by atoms with Crippen molar-refractivity contribution in [2.24, 2.45) is 0 Å². The van der Waals surface area contributed by atoms with Crippen molar-refractivity contribution in [2.75, 3.05) is 6.61 Å². The molecule has 0 unspecified atom stereocenters. The first kappa shape index (κ1) is 15.7. The number of halogens is 2. The SMILES string of the molecule is Cc1nc2c(Cl)nc(Cl)nc2n1COCC[Si](C)(C)C. The van der Waals surface area contributed by atoms with E-state index in [2.05, 4.69) is 34.6 Å². The van der Waals surface area contributed by atoms with E-state index in [-0.39, 0.29) is 10.4 Å². The van der Waals surface area contributed by atoms with E-state index < -0.39 is 8.07 Å². The fourth-order valence-electron chi connectivity index (χ4n) is 1.74. The zero-order valence-electron chi connectivity index (χ0n) is 12.1. The minimum absolute atomic E-state index is 0.116. The second kappa shape index (κ2) is 5.97. The van der Waals surface area contributed by atoms with Crippen molar-refractivity contribution in [1.82, 2.24) is 19.5 Å². The largest absolute Gasteiger partial charge is 0.361 e. The number of fused-ring (bicyclic) bond motifs is 1. The van der Waals surface area contributed by atoms with Gasteiger partial charge in [-0.25, -0.2) is 9.97 Å². The van der Waals surface area contributed by atoms with E-state index >= 15 is 0 Å². The predicted octanol–water partition coefficient (Wildman–Crippen LogP) is 3.75. The molecule has 0 spiro atoms. The van der Waals surface area contributed by atoms with Crippen LogP contribution in [0.3, 0.4) is 0 Å². The zero-order chi connectivity index (χ0) is 14.9. The highest BCUT2D eigenvalue weighted by atomic mass is 35.5. The van der Waals surface area contributed by atoms with Gasteiger partial charge >= 0.3 is 0 Å². The molecule has 0 bridgehead atoms. The van der Waals surface area contributed by atoms with Crippen molar-refractivity contribution in [3.63, 3.8) is 0 Å². The van der Waals surface area contributed by atoms with Crippen LogP contribution in [-0.2, 0) is 11.5 Å². The Bertz CT molecular complexity index is 624. The minimum atomic E-state index is -1.08. The molecule has 2 aromatic heterocycles. The highest BCUT2D eigenvalue weighted by Crippen LogP contribution is 2.22. The normalized spacial score (nSPS) is 12.3. The van der Waals surface area contributed by atoms with Crippen LogP contribution in [0, 0.1) is 6.92 Å². The van der Waals surface area contributed by atoms with E-state index in [0.717, 1.165) is 18.5 Å².